The third-order valence-electron chi connectivity index (χ3n) is 7.14. The predicted molar refractivity (Wildman–Crippen MR) is 136 cm³/mol. The molecule has 0 saturated heterocycles. The van der Waals surface area contributed by atoms with Crippen molar-refractivity contribution in [3.63, 3.8) is 0 Å². The minimum atomic E-state index is -0.591. The van der Waals surface area contributed by atoms with Gasteiger partial charge in [0.15, 0.2) is 17.3 Å². The van der Waals surface area contributed by atoms with E-state index in [0.717, 1.165) is 43.4 Å². The van der Waals surface area contributed by atoms with E-state index in [2.05, 4.69) is 19.2 Å². The number of carbonyl (C=O) groups excluding carboxylic acids is 3. The smallest absolute Gasteiger partial charge is 0.337 e. The van der Waals surface area contributed by atoms with Gasteiger partial charge in [-0.15, -0.1) is 0 Å². The maximum Gasteiger partial charge on any atom is 0.337 e. The molecule has 36 heavy (non-hydrogen) atoms. The molecule has 0 amide bonds. The van der Waals surface area contributed by atoms with Crippen LogP contribution in [0.5, 0.6) is 11.5 Å². The van der Waals surface area contributed by atoms with Gasteiger partial charge in [-0.05, 0) is 69.1 Å². The van der Waals surface area contributed by atoms with Gasteiger partial charge in [0.1, 0.15) is 6.10 Å². The van der Waals surface area contributed by atoms with Crippen LogP contribution in [-0.2, 0) is 19.1 Å². The minimum absolute atomic E-state index is 0.0243. The quantitative estimate of drug-likeness (QED) is 0.412. The lowest BCUT2D eigenvalue weighted by Crippen LogP contribution is -2.39. The molecule has 1 atom stereocenters. The summed E-state index contributed by atoms with van der Waals surface area (Å²) in [7, 11) is 0. The summed E-state index contributed by atoms with van der Waals surface area (Å²) >= 11 is 0. The zero-order valence-corrected chi connectivity index (χ0v) is 22.0. The van der Waals surface area contributed by atoms with Crippen LogP contribution in [0.3, 0.4) is 0 Å². The maximum absolute atomic E-state index is 13.6. The first-order chi connectivity index (χ1) is 17.1. The molecule has 3 aliphatic rings. The molecule has 0 spiro atoms. The highest BCUT2D eigenvalue weighted by molar-refractivity contribution is 6.04. The molecule has 1 aliphatic heterocycles. The van der Waals surface area contributed by atoms with Gasteiger partial charge in [0, 0.05) is 36.2 Å². The number of benzene rings is 1. The van der Waals surface area contributed by atoms with E-state index in [9.17, 15) is 14.4 Å². The van der Waals surface area contributed by atoms with E-state index in [1.165, 1.54) is 6.92 Å². The van der Waals surface area contributed by atoms with Crippen molar-refractivity contribution in [3.05, 3.63) is 46.3 Å². The van der Waals surface area contributed by atoms with Gasteiger partial charge in [0.2, 0.25) is 0 Å². The average Bonchev–Trinajstić information content (AvgIpc) is 2.79. The molecule has 7 heteroatoms. The van der Waals surface area contributed by atoms with Crippen LogP contribution in [0, 0.1) is 5.41 Å². The molecule has 1 aromatic rings. The standard InChI is InChI=1S/C29H37NO6/c1-6-34-24-14-19(12-13-23(24)35-18(3)31)26-25(28(33)36-20-10-8-7-9-11-20)17(2)30-21-15-29(4,5)16-22(32)27(21)26/h12-14,20,26,30H,6-11,15-16H2,1-5H3/t26-/m1/s1. The number of dihydropyridines is 1. The first-order valence-corrected chi connectivity index (χ1v) is 13.0. The monoisotopic (exact) mass is 495 g/mol. The van der Waals surface area contributed by atoms with Crippen molar-refractivity contribution in [2.75, 3.05) is 6.61 Å². The van der Waals surface area contributed by atoms with E-state index < -0.39 is 11.9 Å². The lowest BCUT2D eigenvalue weighted by molar-refractivity contribution is -0.146. The highest BCUT2D eigenvalue weighted by Gasteiger charge is 2.43. The fraction of sp³-hybridized carbons (Fsp3) is 0.552. The summed E-state index contributed by atoms with van der Waals surface area (Å²) in [6.45, 7) is 9.59. The Bertz CT molecular complexity index is 1120. The van der Waals surface area contributed by atoms with Crippen molar-refractivity contribution < 1.29 is 28.6 Å². The van der Waals surface area contributed by atoms with E-state index in [-0.39, 0.29) is 23.3 Å². The van der Waals surface area contributed by atoms with Gasteiger partial charge in [-0.1, -0.05) is 26.3 Å². The Morgan fingerprint density at radius 3 is 2.47 bits per heavy atom. The first-order valence-electron chi connectivity index (χ1n) is 13.0. The fourth-order valence-electron chi connectivity index (χ4n) is 5.65. The summed E-state index contributed by atoms with van der Waals surface area (Å²) in [6, 6.07) is 5.24. The van der Waals surface area contributed by atoms with Gasteiger partial charge in [0.05, 0.1) is 12.2 Å². The third kappa shape index (κ3) is 5.50. The molecule has 1 heterocycles. The summed E-state index contributed by atoms with van der Waals surface area (Å²) in [5, 5.41) is 3.39. The average molecular weight is 496 g/mol. The second-order valence-corrected chi connectivity index (χ2v) is 10.8. The number of ether oxygens (including phenoxy) is 3. The van der Waals surface area contributed by atoms with Crippen molar-refractivity contribution in [2.45, 2.75) is 91.6 Å². The molecule has 7 nitrogen and oxygen atoms in total. The number of nitrogens with one attached hydrogen (secondary N) is 1. The molecule has 0 radical (unpaired) electrons. The van der Waals surface area contributed by atoms with Crippen LogP contribution in [0.1, 0.15) is 91.0 Å². The van der Waals surface area contributed by atoms with Crippen LogP contribution in [0.2, 0.25) is 0 Å². The number of Topliss-reactive ketones (excluding diaryl/α,β-unsaturated/α-hetero) is 1. The summed E-state index contributed by atoms with van der Waals surface area (Å²) in [4.78, 5) is 38.8. The van der Waals surface area contributed by atoms with Crippen molar-refractivity contribution in [1.29, 1.82) is 0 Å². The number of hydrogen-bond donors (Lipinski definition) is 1. The topological polar surface area (TPSA) is 90.9 Å². The van der Waals surface area contributed by atoms with Crippen LogP contribution in [0.15, 0.2) is 40.7 Å². The van der Waals surface area contributed by atoms with E-state index in [1.54, 1.807) is 18.2 Å². The number of hydrogen-bond acceptors (Lipinski definition) is 7. The van der Waals surface area contributed by atoms with Crippen LogP contribution in [-0.4, -0.2) is 30.4 Å². The maximum atomic E-state index is 13.6. The molecule has 1 aromatic carbocycles. The number of allylic oxidation sites excluding steroid dienone is 3. The third-order valence-corrected chi connectivity index (χ3v) is 7.14. The second kappa shape index (κ2) is 10.5. The van der Waals surface area contributed by atoms with Crippen LogP contribution < -0.4 is 14.8 Å². The molecule has 4 rings (SSSR count). The molecule has 1 fully saturated rings. The van der Waals surface area contributed by atoms with Gasteiger partial charge in [-0.3, -0.25) is 9.59 Å². The molecular weight excluding hydrogens is 458 g/mol. The second-order valence-electron chi connectivity index (χ2n) is 10.8. The highest BCUT2D eigenvalue weighted by Crippen LogP contribution is 2.48. The lowest BCUT2D eigenvalue weighted by atomic mass is 9.68. The molecule has 0 unspecified atom stereocenters. The highest BCUT2D eigenvalue weighted by atomic mass is 16.6. The molecular formula is C29H37NO6. The molecule has 0 aromatic heterocycles. The fourth-order valence-corrected chi connectivity index (χ4v) is 5.65. The largest absolute Gasteiger partial charge is 0.490 e. The van der Waals surface area contributed by atoms with E-state index in [1.807, 2.05) is 13.8 Å². The van der Waals surface area contributed by atoms with Crippen LogP contribution in [0.4, 0.5) is 0 Å². The van der Waals surface area contributed by atoms with Crippen molar-refractivity contribution in [1.82, 2.24) is 5.32 Å². The predicted octanol–water partition coefficient (Wildman–Crippen LogP) is 5.49. The summed E-state index contributed by atoms with van der Waals surface area (Å²) in [5.41, 5.74) is 3.17. The normalized spacial score (nSPS) is 22.0. The van der Waals surface area contributed by atoms with Crippen molar-refractivity contribution in [2.24, 2.45) is 5.41 Å². The number of rotatable bonds is 6. The number of esters is 2. The molecule has 1 N–H and O–H groups in total. The summed E-state index contributed by atoms with van der Waals surface area (Å²) < 4.78 is 17.1. The van der Waals surface area contributed by atoms with Gasteiger partial charge >= 0.3 is 11.9 Å². The lowest BCUT2D eigenvalue weighted by Gasteiger charge is -2.39. The molecule has 2 aliphatic carbocycles. The van der Waals surface area contributed by atoms with Crippen LogP contribution >= 0.6 is 0 Å². The summed E-state index contributed by atoms with van der Waals surface area (Å²) in [6.07, 6.45) is 6.00. The molecule has 194 valence electrons. The Hall–Kier alpha value is -3.09. The van der Waals surface area contributed by atoms with Gasteiger partial charge in [-0.25, -0.2) is 4.79 Å². The van der Waals surface area contributed by atoms with E-state index >= 15 is 0 Å². The van der Waals surface area contributed by atoms with Gasteiger partial charge in [-0.2, -0.15) is 0 Å². The Morgan fingerprint density at radius 2 is 1.81 bits per heavy atom. The Morgan fingerprint density at radius 1 is 1.08 bits per heavy atom. The first kappa shape index (κ1) is 26.0. The SMILES string of the molecule is CCOc1cc([C@@H]2C(C(=O)OC3CCCCC3)=C(C)NC3=C2C(=O)CC(C)(C)C3)ccc1OC(C)=O. The van der Waals surface area contributed by atoms with E-state index in [4.69, 9.17) is 14.2 Å². The molecule has 1 saturated carbocycles. The van der Waals surface area contributed by atoms with Gasteiger partial charge < -0.3 is 19.5 Å². The minimum Gasteiger partial charge on any atom is -0.490 e. The van der Waals surface area contributed by atoms with Gasteiger partial charge in [0.25, 0.3) is 0 Å². The van der Waals surface area contributed by atoms with Crippen molar-refractivity contribution in [3.8, 4) is 11.5 Å². The molecule has 0 bridgehead atoms. The Kier molecular flexibility index (Phi) is 7.57. The number of carbonyl (C=O) groups is 3. The number of ketones is 1. The Balaban J connectivity index is 1.80. The summed E-state index contributed by atoms with van der Waals surface area (Å²) in [5.74, 6) is -0.704. The zero-order chi connectivity index (χ0) is 26.0. The zero-order valence-electron chi connectivity index (χ0n) is 22.0. The van der Waals surface area contributed by atoms with Crippen LogP contribution in [0.25, 0.3) is 0 Å². The Labute approximate surface area is 213 Å². The van der Waals surface area contributed by atoms with E-state index in [0.29, 0.717) is 47.8 Å². The van der Waals surface area contributed by atoms with Crippen molar-refractivity contribution >= 4 is 17.7 Å².